The van der Waals surface area contributed by atoms with Gasteiger partial charge in [-0.15, -0.1) is 12.8 Å². The summed E-state index contributed by atoms with van der Waals surface area (Å²) in [6, 6.07) is 22.8. The number of hydrogen-bond acceptors (Lipinski definition) is 13. The largest absolute Gasteiger partial charge is 0.493 e. The fourth-order valence-corrected chi connectivity index (χ4v) is 7.19. The Morgan fingerprint density at radius 3 is 1.64 bits per heavy atom. The van der Waals surface area contributed by atoms with Gasteiger partial charge in [-0.25, -0.2) is 19.9 Å². The number of carbonyl (C=O) groups excluding carboxylic acids is 1. The number of ether oxygens (including phenoxy) is 5. The van der Waals surface area contributed by atoms with Gasteiger partial charge in [0, 0.05) is 78.4 Å². The highest BCUT2D eigenvalue weighted by Gasteiger charge is 2.25. The van der Waals surface area contributed by atoms with Crippen LogP contribution in [-0.4, -0.2) is 97.1 Å². The number of nitrogens with zero attached hydrogens (tertiary/aromatic N) is 5. The first kappa shape index (κ1) is 42.0. The molecular formula is C47H48N8O6. The first-order chi connectivity index (χ1) is 29.9. The number of aromatic nitrogens is 4. The zero-order valence-corrected chi connectivity index (χ0v) is 34.4. The summed E-state index contributed by atoms with van der Waals surface area (Å²) in [6.07, 6.45) is 17.6. The van der Waals surface area contributed by atoms with Crippen molar-refractivity contribution in [1.82, 2.24) is 30.2 Å². The summed E-state index contributed by atoms with van der Waals surface area (Å²) in [5.41, 5.74) is 4.79. The van der Waals surface area contributed by atoms with Crippen LogP contribution in [0.3, 0.4) is 0 Å². The highest BCUT2D eigenvalue weighted by Crippen LogP contribution is 2.38. The molecule has 2 fully saturated rings. The molecule has 0 atom stereocenters. The van der Waals surface area contributed by atoms with Crippen molar-refractivity contribution in [1.29, 1.82) is 0 Å². The maximum atomic E-state index is 12.0. The molecule has 8 rings (SSSR count). The summed E-state index contributed by atoms with van der Waals surface area (Å²) in [5, 5.41) is 11.7. The second-order valence-electron chi connectivity index (χ2n) is 14.4. The third-order valence-electron chi connectivity index (χ3n) is 10.4. The standard InChI is InChI=1S/C25H26N4O4.C22H22N4O2/c1-4-17-6-5-7-18(12-17)28-25-20-13-23(22(32-3)14-21(20)26-16-27-25)33-19-8-10-29(11-9-19)24(30)15-31-2;1-3-15-5-4-6-16(11-15)26-22-18-12-21(28-17-7-9-23-10-8-17)20(27-2)13-19(18)24-14-25-22/h1,5-7,12-14,16,19H,8-11,15H2,2-3H3,(H,26,27,28);1,4-6,11-14,17,23H,7-10H2,2H3,(H,24,25,26). The van der Waals surface area contributed by atoms with E-state index in [-0.39, 0.29) is 24.7 Å². The monoisotopic (exact) mass is 820 g/mol. The van der Waals surface area contributed by atoms with Gasteiger partial charge in [-0.3, -0.25) is 4.79 Å². The van der Waals surface area contributed by atoms with Crippen molar-refractivity contribution in [2.24, 2.45) is 0 Å². The van der Waals surface area contributed by atoms with Crippen molar-refractivity contribution in [3.05, 3.63) is 96.6 Å². The molecule has 61 heavy (non-hydrogen) atoms. The van der Waals surface area contributed by atoms with Crippen LogP contribution in [0.5, 0.6) is 23.0 Å². The van der Waals surface area contributed by atoms with Crippen molar-refractivity contribution >= 4 is 50.7 Å². The molecular weight excluding hydrogens is 773 g/mol. The number of fused-ring (bicyclic) bond motifs is 2. The van der Waals surface area contributed by atoms with Crippen molar-refractivity contribution < 1.29 is 28.5 Å². The van der Waals surface area contributed by atoms with E-state index in [0.717, 1.165) is 83.1 Å². The van der Waals surface area contributed by atoms with Crippen molar-refractivity contribution in [2.45, 2.75) is 37.9 Å². The molecule has 4 heterocycles. The SMILES string of the molecule is C#Cc1cccc(Nc2ncnc3cc(OC)c(OC4CCN(C(=O)COC)CC4)cc23)c1.C#Cc1cccc(Nc2ncnc3cc(OC)c(OC4CCNCC4)cc23)c1. The lowest BCUT2D eigenvalue weighted by molar-refractivity contribution is -0.136. The quantitative estimate of drug-likeness (QED) is 0.110. The van der Waals surface area contributed by atoms with E-state index < -0.39 is 0 Å². The van der Waals surface area contributed by atoms with Crippen LogP contribution in [0.4, 0.5) is 23.0 Å². The number of terminal acetylenes is 2. The molecule has 3 N–H and O–H groups in total. The number of piperidine rings is 2. The molecule has 2 aliphatic rings. The fourth-order valence-electron chi connectivity index (χ4n) is 7.19. The van der Waals surface area contributed by atoms with Crippen molar-refractivity contribution in [3.63, 3.8) is 0 Å². The molecule has 14 heteroatoms. The van der Waals surface area contributed by atoms with Crippen LogP contribution in [0.2, 0.25) is 0 Å². The summed E-state index contributed by atoms with van der Waals surface area (Å²) < 4.78 is 28.6. The smallest absolute Gasteiger partial charge is 0.248 e. The highest BCUT2D eigenvalue weighted by molar-refractivity contribution is 5.94. The van der Waals surface area contributed by atoms with E-state index in [9.17, 15) is 4.79 Å². The Bertz CT molecular complexity index is 2560. The highest BCUT2D eigenvalue weighted by atomic mass is 16.5. The van der Waals surface area contributed by atoms with Gasteiger partial charge in [0.15, 0.2) is 23.0 Å². The molecule has 4 aromatic carbocycles. The van der Waals surface area contributed by atoms with Crippen LogP contribution >= 0.6 is 0 Å². The number of benzene rings is 4. The third kappa shape index (κ3) is 10.6. The number of anilines is 4. The Balaban J connectivity index is 0.000000186. The number of amides is 1. The number of likely N-dealkylation sites (tertiary alicyclic amines) is 1. The Morgan fingerprint density at radius 2 is 1.18 bits per heavy atom. The molecule has 6 aromatic rings. The van der Waals surface area contributed by atoms with Crippen LogP contribution in [0.25, 0.3) is 21.8 Å². The minimum Gasteiger partial charge on any atom is -0.493 e. The summed E-state index contributed by atoms with van der Waals surface area (Å²) in [4.78, 5) is 31.5. The Hall–Kier alpha value is -7.13. The number of nitrogens with one attached hydrogen (secondary N) is 3. The molecule has 0 unspecified atom stereocenters. The zero-order chi connectivity index (χ0) is 42.6. The molecule has 0 saturated carbocycles. The average molecular weight is 821 g/mol. The molecule has 2 aromatic heterocycles. The minimum absolute atomic E-state index is 0.000931. The van der Waals surface area contributed by atoms with Crippen LogP contribution in [0.1, 0.15) is 36.8 Å². The topological polar surface area (TPSA) is 154 Å². The maximum absolute atomic E-state index is 12.0. The second kappa shape index (κ2) is 20.2. The second-order valence-corrected chi connectivity index (χ2v) is 14.4. The van der Waals surface area contributed by atoms with E-state index in [1.807, 2.05) is 72.8 Å². The molecule has 14 nitrogen and oxygen atoms in total. The molecule has 0 aliphatic carbocycles. The number of methoxy groups -OCH3 is 3. The average Bonchev–Trinajstić information content (AvgIpc) is 3.30. The molecule has 2 saturated heterocycles. The van der Waals surface area contributed by atoms with Gasteiger partial charge in [-0.05, 0) is 74.5 Å². The molecule has 1 amide bonds. The minimum atomic E-state index is -0.0312. The van der Waals surface area contributed by atoms with E-state index in [1.165, 1.54) is 19.8 Å². The van der Waals surface area contributed by atoms with Crippen LogP contribution in [0.15, 0.2) is 85.5 Å². The zero-order valence-electron chi connectivity index (χ0n) is 34.4. The van der Waals surface area contributed by atoms with E-state index in [2.05, 4.69) is 47.7 Å². The van der Waals surface area contributed by atoms with Gasteiger partial charge in [0.2, 0.25) is 5.91 Å². The Kier molecular flexibility index (Phi) is 13.9. The van der Waals surface area contributed by atoms with Crippen molar-refractivity contribution in [2.75, 3.05) is 64.7 Å². The van der Waals surface area contributed by atoms with Gasteiger partial charge in [-0.1, -0.05) is 24.0 Å². The number of hydrogen-bond donors (Lipinski definition) is 3. The lowest BCUT2D eigenvalue weighted by Gasteiger charge is -2.32. The molecule has 0 spiro atoms. The van der Waals surface area contributed by atoms with Crippen LogP contribution < -0.4 is 34.9 Å². The predicted octanol–water partition coefficient (Wildman–Crippen LogP) is 6.87. The van der Waals surface area contributed by atoms with E-state index >= 15 is 0 Å². The first-order valence-electron chi connectivity index (χ1n) is 20.0. The Morgan fingerprint density at radius 1 is 0.689 bits per heavy atom. The van der Waals surface area contributed by atoms with Crippen molar-refractivity contribution in [3.8, 4) is 47.7 Å². The number of rotatable bonds is 12. The fraction of sp³-hybridized carbons (Fsp3) is 0.298. The molecule has 0 bridgehead atoms. The first-order valence-corrected chi connectivity index (χ1v) is 20.0. The molecule has 312 valence electrons. The van der Waals surface area contributed by atoms with Gasteiger partial charge in [0.25, 0.3) is 0 Å². The normalized spacial score (nSPS) is 14.2. The van der Waals surface area contributed by atoms with Gasteiger partial charge in [-0.2, -0.15) is 0 Å². The summed E-state index contributed by atoms with van der Waals surface area (Å²) in [5.74, 6) is 9.20. The van der Waals surface area contributed by atoms with E-state index in [4.69, 9.17) is 36.5 Å². The summed E-state index contributed by atoms with van der Waals surface area (Å²) >= 11 is 0. The van der Waals surface area contributed by atoms with Gasteiger partial charge < -0.3 is 44.5 Å². The van der Waals surface area contributed by atoms with E-state index in [0.29, 0.717) is 47.7 Å². The van der Waals surface area contributed by atoms with E-state index in [1.54, 1.807) is 19.1 Å². The van der Waals surface area contributed by atoms with Crippen LogP contribution in [-0.2, 0) is 9.53 Å². The predicted molar refractivity (Wildman–Crippen MR) is 236 cm³/mol. The summed E-state index contributed by atoms with van der Waals surface area (Å²) in [6.45, 7) is 3.28. The maximum Gasteiger partial charge on any atom is 0.248 e. The Labute approximate surface area is 355 Å². The number of carbonyl (C=O) groups is 1. The lowest BCUT2D eigenvalue weighted by Crippen LogP contribution is -2.43. The summed E-state index contributed by atoms with van der Waals surface area (Å²) in [7, 11) is 4.77. The molecule has 2 aliphatic heterocycles. The third-order valence-corrected chi connectivity index (χ3v) is 10.4. The van der Waals surface area contributed by atoms with Gasteiger partial charge in [0.1, 0.15) is 43.1 Å². The van der Waals surface area contributed by atoms with Crippen LogP contribution in [0, 0.1) is 24.7 Å². The van der Waals surface area contributed by atoms with Gasteiger partial charge >= 0.3 is 0 Å². The van der Waals surface area contributed by atoms with Gasteiger partial charge in [0.05, 0.1) is 25.3 Å². The lowest BCUT2D eigenvalue weighted by atomic mass is 10.1. The molecule has 0 radical (unpaired) electrons.